The van der Waals surface area contributed by atoms with Gasteiger partial charge in [-0.05, 0) is 54.1 Å². The largest absolute Gasteiger partial charge is 0.341 e. The smallest absolute Gasteiger partial charge is 0.222 e. The molecule has 2 unspecified atom stereocenters. The van der Waals surface area contributed by atoms with Gasteiger partial charge in [-0.1, -0.05) is 49.4 Å². The Balaban J connectivity index is 1.63. The van der Waals surface area contributed by atoms with Crippen LogP contribution in [0.5, 0.6) is 0 Å². The summed E-state index contributed by atoms with van der Waals surface area (Å²) in [5.41, 5.74) is 1.22. The van der Waals surface area contributed by atoms with Crippen molar-refractivity contribution >= 4 is 16.7 Å². The van der Waals surface area contributed by atoms with E-state index in [0.717, 1.165) is 13.1 Å². The van der Waals surface area contributed by atoms with Gasteiger partial charge >= 0.3 is 0 Å². The monoisotopic (exact) mass is 324 g/mol. The molecule has 1 aliphatic rings. The minimum Gasteiger partial charge on any atom is -0.341 e. The Morgan fingerprint density at radius 2 is 2.04 bits per heavy atom. The highest BCUT2D eigenvalue weighted by molar-refractivity contribution is 5.86. The normalized spacial score (nSPS) is 19.2. The lowest BCUT2D eigenvalue weighted by molar-refractivity contribution is -0.131. The number of rotatable bonds is 5. The quantitative estimate of drug-likeness (QED) is 0.907. The molecule has 0 aromatic heterocycles. The zero-order valence-corrected chi connectivity index (χ0v) is 14.8. The van der Waals surface area contributed by atoms with Crippen molar-refractivity contribution in [3.63, 3.8) is 0 Å². The van der Waals surface area contributed by atoms with Crippen LogP contribution in [0.3, 0.4) is 0 Å². The molecule has 1 aliphatic heterocycles. The fourth-order valence-electron chi connectivity index (χ4n) is 3.74. The van der Waals surface area contributed by atoms with E-state index in [4.69, 9.17) is 0 Å². The summed E-state index contributed by atoms with van der Waals surface area (Å²) in [6.07, 6.45) is 3.12. The topological polar surface area (TPSA) is 32.3 Å². The summed E-state index contributed by atoms with van der Waals surface area (Å²) in [5, 5.41) is 5.93. The number of nitrogens with one attached hydrogen (secondary N) is 1. The lowest BCUT2D eigenvalue weighted by Crippen LogP contribution is -2.36. The number of carbonyl (C=O) groups excluding carboxylic acids is 1. The molecule has 1 saturated heterocycles. The van der Waals surface area contributed by atoms with E-state index >= 15 is 0 Å². The minimum absolute atomic E-state index is 0.251. The molecule has 0 spiro atoms. The fourth-order valence-corrected chi connectivity index (χ4v) is 3.74. The molecule has 128 valence electrons. The number of fused-ring (bicyclic) bond motifs is 1. The molecule has 0 radical (unpaired) electrons. The van der Waals surface area contributed by atoms with E-state index in [1.54, 1.807) is 0 Å². The highest BCUT2D eigenvalue weighted by Gasteiger charge is 2.23. The number of hydrogen-bond acceptors (Lipinski definition) is 2. The van der Waals surface area contributed by atoms with E-state index in [-0.39, 0.29) is 5.91 Å². The van der Waals surface area contributed by atoms with Gasteiger partial charge in [-0.25, -0.2) is 0 Å². The molecule has 3 nitrogen and oxygen atoms in total. The van der Waals surface area contributed by atoms with Crippen molar-refractivity contribution in [3.8, 4) is 0 Å². The highest BCUT2D eigenvalue weighted by atomic mass is 16.2. The first kappa shape index (κ1) is 17.0. The van der Waals surface area contributed by atoms with Gasteiger partial charge in [-0.3, -0.25) is 4.79 Å². The minimum atomic E-state index is 0.251. The molecule has 2 atom stereocenters. The summed E-state index contributed by atoms with van der Waals surface area (Å²) in [7, 11) is 1.93. The molecule has 24 heavy (non-hydrogen) atoms. The predicted molar refractivity (Wildman–Crippen MR) is 99.8 cm³/mol. The Labute approximate surface area is 145 Å². The third-order valence-corrected chi connectivity index (χ3v) is 5.35. The number of benzene rings is 2. The standard InChI is InChI=1S/C21H28N2O/c1-16(18-10-6-12-22-14-18)13-21(24)23(2)15-19-9-5-8-17-7-3-4-11-20(17)19/h3-5,7-9,11,16,18,22H,6,10,12-15H2,1-2H3. The Morgan fingerprint density at radius 3 is 2.83 bits per heavy atom. The maximum atomic E-state index is 12.6. The molecule has 2 aromatic carbocycles. The first-order valence-corrected chi connectivity index (χ1v) is 9.06. The zero-order valence-electron chi connectivity index (χ0n) is 14.8. The van der Waals surface area contributed by atoms with Crippen LogP contribution in [0.2, 0.25) is 0 Å². The second kappa shape index (κ2) is 7.80. The van der Waals surface area contributed by atoms with Crippen LogP contribution in [0.1, 0.15) is 31.7 Å². The highest BCUT2D eigenvalue weighted by Crippen LogP contribution is 2.24. The average molecular weight is 324 g/mol. The van der Waals surface area contributed by atoms with E-state index in [1.165, 1.54) is 29.2 Å². The Kier molecular flexibility index (Phi) is 5.52. The molecule has 0 saturated carbocycles. The average Bonchev–Trinajstić information content (AvgIpc) is 2.62. The van der Waals surface area contributed by atoms with Gasteiger partial charge in [0.2, 0.25) is 5.91 Å². The van der Waals surface area contributed by atoms with Gasteiger partial charge in [-0.2, -0.15) is 0 Å². The lowest BCUT2D eigenvalue weighted by atomic mass is 9.85. The van der Waals surface area contributed by atoms with E-state index < -0.39 is 0 Å². The van der Waals surface area contributed by atoms with Crippen molar-refractivity contribution in [2.24, 2.45) is 11.8 Å². The summed E-state index contributed by atoms with van der Waals surface area (Å²) >= 11 is 0. The van der Waals surface area contributed by atoms with Gasteiger partial charge in [0, 0.05) is 20.0 Å². The van der Waals surface area contributed by atoms with Crippen LogP contribution in [0.25, 0.3) is 10.8 Å². The molecular formula is C21H28N2O. The third kappa shape index (κ3) is 3.96. The van der Waals surface area contributed by atoms with Gasteiger partial charge in [-0.15, -0.1) is 0 Å². The summed E-state index contributed by atoms with van der Waals surface area (Å²) in [6.45, 7) is 5.08. The second-order valence-electron chi connectivity index (χ2n) is 7.18. The summed E-state index contributed by atoms with van der Waals surface area (Å²) in [4.78, 5) is 14.5. The lowest BCUT2D eigenvalue weighted by Gasteiger charge is -2.29. The summed E-state index contributed by atoms with van der Waals surface area (Å²) in [5.74, 6) is 1.33. The second-order valence-corrected chi connectivity index (χ2v) is 7.18. The van der Waals surface area contributed by atoms with Crippen LogP contribution >= 0.6 is 0 Å². The van der Waals surface area contributed by atoms with Crippen LogP contribution < -0.4 is 5.32 Å². The Bertz CT molecular complexity index is 686. The van der Waals surface area contributed by atoms with Crippen molar-refractivity contribution < 1.29 is 4.79 Å². The predicted octanol–water partition coefficient (Wildman–Crippen LogP) is 3.82. The number of amides is 1. The molecule has 1 fully saturated rings. The van der Waals surface area contributed by atoms with Gasteiger partial charge in [0.25, 0.3) is 0 Å². The van der Waals surface area contributed by atoms with E-state index in [9.17, 15) is 4.79 Å². The Morgan fingerprint density at radius 1 is 1.25 bits per heavy atom. The number of nitrogens with zero attached hydrogens (tertiary/aromatic N) is 1. The molecule has 1 heterocycles. The first-order chi connectivity index (χ1) is 11.6. The van der Waals surface area contributed by atoms with Crippen LogP contribution in [-0.4, -0.2) is 30.9 Å². The molecule has 1 amide bonds. The van der Waals surface area contributed by atoms with Gasteiger partial charge in [0.15, 0.2) is 0 Å². The van der Waals surface area contributed by atoms with Gasteiger partial charge in [0.1, 0.15) is 0 Å². The van der Waals surface area contributed by atoms with Gasteiger partial charge in [0.05, 0.1) is 0 Å². The molecule has 2 aromatic rings. The van der Waals surface area contributed by atoms with Crippen LogP contribution in [0.4, 0.5) is 0 Å². The number of carbonyl (C=O) groups is 1. The molecule has 1 N–H and O–H groups in total. The summed E-state index contributed by atoms with van der Waals surface area (Å²) < 4.78 is 0. The van der Waals surface area contributed by atoms with Crippen LogP contribution in [0, 0.1) is 11.8 Å². The fraction of sp³-hybridized carbons (Fsp3) is 0.476. The zero-order chi connectivity index (χ0) is 16.9. The molecule has 0 bridgehead atoms. The SMILES string of the molecule is CC(CC(=O)N(C)Cc1cccc2ccccc12)C1CCCNC1. The van der Waals surface area contributed by atoms with Crippen molar-refractivity contribution in [2.45, 2.75) is 32.7 Å². The maximum absolute atomic E-state index is 12.6. The Hall–Kier alpha value is -1.87. The number of hydrogen-bond donors (Lipinski definition) is 1. The molecule has 0 aliphatic carbocycles. The van der Waals surface area contributed by atoms with Crippen molar-refractivity contribution in [3.05, 3.63) is 48.0 Å². The van der Waals surface area contributed by atoms with E-state index in [2.05, 4.69) is 54.7 Å². The number of piperidine rings is 1. The molecule has 3 heteroatoms. The van der Waals surface area contributed by atoms with E-state index in [1.807, 2.05) is 11.9 Å². The molecular weight excluding hydrogens is 296 g/mol. The maximum Gasteiger partial charge on any atom is 0.222 e. The van der Waals surface area contributed by atoms with Crippen LogP contribution in [0.15, 0.2) is 42.5 Å². The van der Waals surface area contributed by atoms with Crippen LogP contribution in [-0.2, 0) is 11.3 Å². The van der Waals surface area contributed by atoms with Crippen molar-refractivity contribution in [1.82, 2.24) is 10.2 Å². The van der Waals surface area contributed by atoms with Crippen molar-refractivity contribution in [2.75, 3.05) is 20.1 Å². The van der Waals surface area contributed by atoms with Crippen molar-refractivity contribution in [1.29, 1.82) is 0 Å². The van der Waals surface area contributed by atoms with E-state index in [0.29, 0.717) is 24.8 Å². The summed E-state index contributed by atoms with van der Waals surface area (Å²) in [6, 6.07) is 14.7. The van der Waals surface area contributed by atoms with Gasteiger partial charge < -0.3 is 10.2 Å². The molecule has 3 rings (SSSR count). The third-order valence-electron chi connectivity index (χ3n) is 5.35. The first-order valence-electron chi connectivity index (χ1n) is 9.06.